The maximum absolute atomic E-state index is 12.2. The first kappa shape index (κ1) is 16.3. The normalized spacial score (nSPS) is 11.0. The number of anilines is 1. The molecule has 0 aliphatic carbocycles. The van der Waals surface area contributed by atoms with E-state index < -0.39 is 16.1 Å². The van der Waals surface area contributed by atoms with Crippen molar-refractivity contribution in [2.75, 3.05) is 5.32 Å². The van der Waals surface area contributed by atoms with Gasteiger partial charge in [0.05, 0.1) is 4.90 Å². The maximum atomic E-state index is 12.2. The van der Waals surface area contributed by atoms with Gasteiger partial charge in [-0.25, -0.2) is 17.9 Å². The zero-order valence-electron chi connectivity index (χ0n) is 12.1. The Morgan fingerprint density at radius 1 is 1.00 bits per heavy atom. The van der Waals surface area contributed by atoms with Crippen LogP contribution < -0.4 is 10.0 Å². The number of sulfonamides is 1. The van der Waals surface area contributed by atoms with Crippen LogP contribution >= 0.6 is 11.6 Å². The minimum atomic E-state index is -3.92. The molecule has 5 nitrogen and oxygen atoms in total. The van der Waals surface area contributed by atoms with E-state index in [1.807, 2.05) is 18.6 Å². The fourth-order valence-corrected chi connectivity index (χ4v) is 2.87. The van der Waals surface area contributed by atoms with E-state index in [-0.39, 0.29) is 4.90 Å². The summed E-state index contributed by atoms with van der Waals surface area (Å²) in [7, 11) is -3.92. The van der Waals surface area contributed by atoms with E-state index in [0.29, 0.717) is 10.7 Å². The SMILES string of the molecule is Cc1ccc(S(=O)(=O)NC(=O)Nc2ccc(Cl)cc2)cc1C. The molecule has 2 aromatic rings. The van der Waals surface area contributed by atoms with Gasteiger partial charge in [0, 0.05) is 10.7 Å². The Kier molecular flexibility index (Phi) is 4.73. The average molecular weight is 339 g/mol. The molecule has 2 rings (SSSR count). The highest BCUT2D eigenvalue weighted by Gasteiger charge is 2.18. The largest absolute Gasteiger partial charge is 0.333 e. The molecule has 0 aliphatic heterocycles. The predicted molar refractivity (Wildman–Crippen MR) is 86.7 cm³/mol. The lowest BCUT2D eigenvalue weighted by Crippen LogP contribution is -2.34. The van der Waals surface area contributed by atoms with Gasteiger partial charge in [0.25, 0.3) is 10.0 Å². The first-order valence-corrected chi connectivity index (χ1v) is 8.31. The second-order valence-corrected chi connectivity index (χ2v) is 6.93. The van der Waals surface area contributed by atoms with Crippen molar-refractivity contribution in [1.82, 2.24) is 4.72 Å². The highest BCUT2D eigenvalue weighted by atomic mass is 35.5. The van der Waals surface area contributed by atoms with Gasteiger partial charge in [-0.15, -0.1) is 0 Å². The van der Waals surface area contributed by atoms with Crippen LogP contribution in [0.2, 0.25) is 5.02 Å². The Balaban J connectivity index is 2.12. The molecule has 0 bridgehead atoms. The number of aryl methyl sites for hydroxylation is 2. The van der Waals surface area contributed by atoms with E-state index in [1.54, 1.807) is 30.3 Å². The fourth-order valence-electron chi connectivity index (χ4n) is 1.75. The second-order valence-electron chi connectivity index (χ2n) is 4.81. The van der Waals surface area contributed by atoms with Crippen LogP contribution in [0.1, 0.15) is 11.1 Å². The van der Waals surface area contributed by atoms with Crippen LogP contribution in [0.5, 0.6) is 0 Å². The smallest absolute Gasteiger partial charge is 0.307 e. The Bertz CT molecular complexity index is 802. The summed E-state index contributed by atoms with van der Waals surface area (Å²) in [6.07, 6.45) is 0. The molecule has 0 fully saturated rings. The van der Waals surface area contributed by atoms with Gasteiger partial charge in [0.1, 0.15) is 0 Å². The Morgan fingerprint density at radius 2 is 1.64 bits per heavy atom. The predicted octanol–water partition coefficient (Wildman–Crippen LogP) is 3.47. The van der Waals surface area contributed by atoms with Crippen molar-refractivity contribution in [3.8, 4) is 0 Å². The molecule has 2 N–H and O–H groups in total. The first-order valence-electron chi connectivity index (χ1n) is 6.44. The van der Waals surface area contributed by atoms with Crippen molar-refractivity contribution >= 4 is 33.3 Å². The number of halogens is 1. The topological polar surface area (TPSA) is 75.3 Å². The molecule has 22 heavy (non-hydrogen) atoms. The van der Waals surface area contributed by atoms with E-state index in [4.69, 9.17) is 11.6 Å². The summed E-state index contributed by atoms with van der Waals surface area (Å²) < 4.78 is 26.3. The minimum Gasteiger partial charge on any atom is -0.307 e. The van der Waals surface area contributed by atoms with Crippen molar-refractivity contribution < 1.29 is 13.2 Å². The molecule has 0 heterocycles. The quantitative estimate of drug-likeness (QED) is 0.899. The molecule has 7 heteroatoms. The second kappa shape index (κ2) is 6.37. The van der Waals surface area contributed by atoms with Gasteiger partial charge >= 0.3 is 6.03 Å². The fraction of sp³-hybridized carbons (Fsp3) is 0.133. The number of carbonyl (C=O) groups excluding carboxylic acids is 1. The number of hydrogen-bond donors (Lipinski definition) is 2. The number of nitrogens with one attached hydrogen (secondary N) is 2. The highest BCUT2D eigenvalue weighted by molar-refractivity contribution is 7.90. The van der Waals surface area contributed by atoms with Crippen molar-refractivity contribution in [3.05, 3.63) is 58.6 Å². The zero-order valence-corrected chi connectivity index (χ0v) is 13.6. The van der Waals surface area contributed by atoms with Crippen molar-refractivity contribution in [3.63, 3.8) is 0 Å². The van der Waals surface area contributed by atoms with Crippen LogP contribution in [0.25, 0.3) is 0 Å². The van der Waals surface area contributed by atoms with E-state index in [1.165, 1.54) is 12.1 Å². The summed E-state index contributed by atoms with van der Waals surface area (Å²) in [6, 6.07) is 10.2. The average Bonchev–Trinajstić information content (AvgIpc) is 2.43. The highest BCUT2D eigenvalue weighted by Crippen LogP contribution is 2.16. The molecule has 0 radical (unpaired) electrons. The van der Waals surface area contributed by atoms with Gasteiger partial charge in [-0.3, -0.25) is 0 Å². The van der Waals surface area contributed by atoms with E-state index in [2.05, 4.69) is 5.32 Å². The van der Waals surface area contributed by atoms with Gasteiger partial charge in [0.2, 0.25) is 0 Å². The van der Waals surface area contributed by atoms with Crippen LogP contribution in [-0.4, -0.2) is 14.4 Å². The van der Waals surface area contributed by atoms with Crippen molar-refractivity contribution in [1.29, 1.82) is 0 Å². The summed E-state index contributed by atoms with van der Waals surface area (Å²) in [4.78, 5) is 11.8. The number of rotatable bonds is 3. The van der Waals surface area contributed by atoms with Gasteiger partial charge in [0.15, 0.2) is 0 Å². The van der Waals surface area contributed by atoms with Crippen LogP contribution in [0.3, 0.4) is 0 Å². The summed E-state index contributed by atoms with van der Waals surface area (Å²) in [5.74, 6) is 0. The molecule has 0 atom stereocenters. The molecule has 0 aliphatic rings. The summed E-state index contributed by atoms with van der Waals surface area (Å²) in [5.41, 5.74) is 2.25. The first-order chi connectivity index (χ1) is 10.3. The number of amides is 2. The molecule has 0 unspecified atom stereocenters. The number of benzene rings is 2. The third kappa shape index (κ3) is 3.99. The molecule has 116 valence electrons. The lowest BCUT2D eigenvalue weighted by atomic mass is 10.1. The summed E-state index contributed by atoms with van der Waals surface area (Å²) >= 11 is 5.74. The van der Waals surface area contributed by atoms with E-state index in [0.717, 1.165) is 11.1 Å². The monoisotopic (exact) mass is 338 g/mol. The van der Waals surface area contributed by atoms with Crippen LogP contribution in [0.15, 0.2) is 47.4 Å². The lowest BCUT2D eigenvalue weighted by Gasteiger charge is -2.10. The lowest BCUT2D eigenvalue weighted by molar-refractivity contribution is 0.256. The Morgan fingerprint density at radius 3 is 2.23 bits per heavy atom. The molecule has 0 spiro atoms. The number of urea groups is 1. The van der Waals surface area contributed by atoms with Gasteiger partial charge in [-0.05, 0) is 61.4 Å². The van der Waals surface area contributed by atoms with Crippen LogP contribution in [-0.2, 0) is 10.0 Å². The minimum absolute atomic E-state index is 0.0434. The number of hydrogen-bond acceptors (Lipinski definition) is 3. The summed E-state index contributed by atoms with van der Waals surface area (Å²) in [5, 5.41) is 2.96. The molecule has 0 aromatic heterocycles. The van der Waals surface area contributed by atoms with Crippen LogP contribution in [0, 0.1) is 13.8 Å². The summed E-state index contributed by atoms with van der Waals surface area (Å²) in [6.45, 7) is 3.69. The Hall–Kier alpha value is -2.05. The number of carbonyl (C=O) groups is 1. The molecular formula is C15H15ClN2O3S. The van der Waals surface area contributed by atoms with E-state index >= 15 is 0 Å². The van der Waals surface area contributed by atoms with E-state index in [9.17, 15) is 13.2 Å². The third-order valence-electron chi connectivity index (χ3n) is 3.12. The van der Waals surface area contributed by atoms with Gasteiger partial charge in [-0.1, -0.05) is 17.7 Å². The van der Waals surface area contributed by atoms with Gasteiger partial charge in [-0.2, -0.15) is 0 Å². The van der Waals surface area contributed by atoms with Crippen molar-refractivity contribution in [2.45, 2.75) is 18.7 Å². The standard InChI is InChI=1S/C15H15ClN2O3S/c1-10-3-8-14(9-11(10)2)22(20,21)18-15(19)17-13-6-4-12(16)5-7-13/h3-9H,1-2H3,(H2,17,18,19). The molecule has 2 amide bonds. The molecular weight excluding hydrogens is 324 g/mol. The molecule has 0 saturated heterocycles. The van der Waals surface area contributed by atoms with Crippen molar-refractivity contribution in [2.24, 2.45) is 0 Å². The third-order valence-corrected chi connectivity index (χ3v) is 4.70. The maximum Gasteiger partial charge on any atom is 0.333 e. The van der Waals surface area contributed by atoms with Gasteiger partial charge < -0.3 is 5.32 Å². The molecule has 2 aromatic carbocycles. The zero-order chi connectivity index (χ0) is 16.3. The van der Waals surface area contributed by atoms with Crippen LogP contribution in [0.4, 0.5) is 10.5 Å². The molecule has 0 saturated carbocycles. The Labute approximate surface area is 134 Å².